The summed E-state index contributed by atoms with van der Waals surface area (Å²) in [5, 5.41) is 28.9. The Morgan fingerprint density at radius 2 is 1.82 bits per heavy atom. The zero-order valence-electron chi connectivity index (χ0n) is 18.0. The minimum absolute atomic E-state index is 0.0528. The lowest BCUT2D eigenvalue weighted by molar-refractivity contribution is -0.0507. The van der Waals surface area contributed by atoms with Crippen molar-refractivity contribution in [3.05, 3.63) is 83.2 Å². The normalized spacial score (nSPS) is 21.0. The van der Waals surface area contributed by atoms with Crippen LogP contribution in [0.25, 0.3) is 16.9 Å². The Morgan fingerprint density at radius 3 is 2.56 bits per heavy atom. The summed E-state index contributed by atoms with van der Waals surface area (Å²) in [6.07, 6.45) is 0.675. The Morgan fingerprint density at radius 1 is 1.06 bits per heavy atom. The SMILES string of the molecule is O[C@H]1CN[C@H](c2ccccc2OC(F)F)c2c1nc1ccc(-c3ccc(C4(O)CC4)cc3)nn21. The standard InChI is InChI=1S/C25H22F2N4O3/c26-24(27)34-19-4-2-1-3-16(19)21-23-22(18(32)13-28-21)29-20-10-9-17(30-31(20)23)14-5-7-15(8-6-14)25(33)11-12-25/h1-10,18,21,24,28,32-33H,11-13H2/t18-,21+/m0/s1. The van der Waals surface area contributed by atoms with Crippen LogP contribution in [0, 0.1) is 0 Å². The van der Waals surface area contributed by atoms with E-state index in [4.69, 9.17) is 9.84 Å². The van der Waals surface area contributed by atoms with Gasteiger partial charge in [0.25, 0.3) is 0 Å². The average Bonchev–Trinajstić information content (AvgIpc) is 3.47. The van der Waals surface area contributed by atoms with E-state index in [9.17, 15) is 19.0 Å². The van der Waals surface area contributed by atoms with Crippen LogP contribution in [0.5, 0.6) is 5.75 Å². The van der Waals surface area contributed by atoms with Crippen molar-refractivity contribution in [3.8, 4) is 17.0 Å². The smallest absolute Gasteiger partial charge is 0.387 e. The molecule has 0 bridgehead atoms. The summed E-state index contributed by atoms with van der Waals surface area (Å²) in [7, 11) is 0. The Balaban J connectivity index is 1.45. The summed E-state index contributed by atoms with van der Waals surface area (Å²) in [5.74, 6) is 0.0528. The van der Waals surface area contributed by atoms with Gasteiger partial charge in [0.2, 0.25) is 0 Å². The Hall–Kier alpha value is -3.40. The van der Waals surface area contributed by atoms with E-state index < -0.39 is 24.4 Å². The predicted octanol–water partition coefficient (Wildman–Crippen LogP) is 3.71. The van der Waals surface area contributed by atoms with Crippen molar-refractivity contribution in [2.45, 2.75) is 37.2 Å². The van der Waals surface area contributed by atoms with Crippen molar-refractivity contribution < 1.29 is 23.7 Å². The van der Waals surface area contributed by atoms with E-state index >= 15 is 0 Å². The van der Waals surface area contributed by atoms with Crippen LogP contribution in [0.15, 0.2) is 60.7 Å². The average molecular weight is 464 g/mol. The molecule has 2 atom stereocenters. The molecule has 2 aliphatic rings. The molecule has 1 aliphatic heterocycles. The third-order valence-electron chi connectivity index (χ3n) is 6.53. The summed E-state index contributed by atoms with van der Waals surface area (Å²) in [5.41, 5.74) is 3.79. The van der Waals surface area contributed by atoms with Gasteiger partial charge in [-0.25, -0.2) is 9.50 Å². The second-order valence-corrected chi connectivity index (χ2v) is 8.75. The van der Waals surface area contributed by atoms with E-state index in [2.05, 4.69) is 10.3 Å². The molecule has 6 rings (SSSR count). The van der Waals surface area contributed by atoms with E-state index in [1.54, 1.807) is 22.7 Å². The monoisotopic (exact) mass is 464 g/mol. The molecule has 1 fully saturated rings. The van der Waals surface area contributed by atoms with E-state index in [-0.39, 0.29) is 12.3 Å². The molecule has 0 radical (unpaired) electrons. The molecule has 1 saturated carbocycles. The topological polar surface area (TPSA) is 91.9 Å². The maximum absolute atomic E-state index is 13.0. The van der Waals surface area contributed by atoms with E-state index in [0.717, 1.165) is 24.0 Å². The maximum atomic E-state index is 13.0. The number of benzene rings is 2. The van der Waals surface area contributed by atoms with Gasteiger partial charge in [0.1, 0.15) is 11.9 Å². The number of para-hydroxylation sites is 1. The Bertz CT molecular complexity index is 1370. The number of hydrogen-bond acceptors (Lipinski definition) is 6. The summed E-state index contributed by atoms with van der Waals surface area (Å²) in [4.78, 5) is 4.58. The van der Waals surface area contributed by atoms with Crippen LogP contribution in [0.2, 0.25) is 0 Å². The Labute approximate surface area is 193 Å². The molecule has 2 aromatic heterocycles. The third-order valence-corrected chi connectivity index (χ3v) is 6.53. The summed E-state index contributed by atoms with van der Waals surface area (Å²) in [6, 6.07) is 17.3. The van der Waals surface area contributed by atoms with Crippen LogP contribution in [0.4, 0.5) is 8.78 Å². The largest absolute Gasteiger partial charge is 0.434 e. The first-order valence-corrected chi connectivity index (χ1v) is 11.1. The van der Waals surface area contributed by atoms with Crippen molar-refractivity contribution in [1.29, 1.82) is 0 Å². The van der Waals surface area contributed by atoms with Crippen molar-refractivity contribution in [2.75, 3.05) is 6.54 Å². The van der Waals surface area contributed by atoms with Crippen LogP contribution in [-0.2, 0) is 5.60 Å². The number of alkyl halides is 2. The minimum Gasteiger partial charge on any atom is -0.434 e. The third kappa shape index (κ3) is 3.53. The minimum atomic E-state index is -2.96. The van der Waals surface area contributed by atoms with Gasteiger partial charge in [0.05, 0.1) is 28.7 Å². The molecule has 7 nitrogen and oxygen atoms in total. The fourth-order valence-corrected chi connectivity index (χ4v) is 4.60. The molecule has 34 heavy (non-hydrogen) atoms. The maximum Gasteiger partial charge on any atom is 0.387 e. The molecule has 1 aliphatic carbocycles. The second kappa shape index (κ2) is 7.83. The van der Waals surface area contributed by atoms with Crippen molar-refractivity contribution in [1.82, 2.24) is 19.9 Å². The highest BCUT2D eigenvalue weighted by Gasteiger charge is 2.42. The first-order valence-electron chi connectivity index (χ1n) is 11.1. The molecular formula is C25H22F2N4O3. The van der Waals surface area contributed by atoms with Crippen LogP contribution < -0.4 is 10.1 Å². The number of aliphatic hydroxyl groups excluding tert-OH is 1. The molecule has 9 heteroatoms. The molecule has 0 spiro atoms. The molecule has 2 aromatic carbocycles. The first-order chi connectivity index (χ1) is 16.4. The number of aromatic nitrogens is 3. The molecule has 0 unspecified atom stereocenters. The van der Waals surface area contributed by atoms with Gasteiger partial charge in [0, 0.05) is 17.7 Å². The number of nitrogens with zero attached hydrogens (tertiary/aromatic N) is 3. The molecule has 0 amide bonds. The number of rotatable bonds is 5. The fourth-order valence-electron chi connectivity index (χ4n) is 4.60. The zero-order chi connectivity index (χ0) is 23.4. The van der Waals surface area contributed by atoms with Gasteiger partial charge in [-0.1, -0.05) is 42.5 Å². The van der Waals surface area contributed by atoms with E-state index in [1.807, 2.05) is 36.4 Å². The lowest BCUT2D eigenvalue weighted by Crippen LogP contribution is -2.35. The summed E-state index contributed by atoms with van der Waals surface area (Å²) >= 11 is 0. The molecule has 4 aromatic rings. The number of aliphatic hydroxyl groups is 2. The number of fused-ring (bicyclic) bond motifs is 3. The first kappa shape index (κ1) is 21.2. The van der Waals surface area contributed by atoms with Crippen molar-refractivity contribution in [3.63, 3.8) is 0 Å². The lowest BCUT2D eigenvalue weighted by atomic mass is 9.96. The van der Waals surface area contributed by atoms with Gasteiger partial charge in [0.15, 0.2) is 5.65 Å². The quantitative estimate of drug-likeness (QED) is 0.417. The van der Waals surface area contributed by atoms with Gasteiger partial charge < -0.3 is 20.3 Å². The molecule has 3 N–H and O–H groups in total. The number of imidazole rings is 1. The molecule has 3 heterocycles. The van der Waals surface area contributed by atoms with Crippen molar-refractivity contribution in [2.24, 2.45) is 0 Å². The van der Waals surface area contributed by atoms with E-state index in [0.29, 0.717) is 28.3 Å². The van der Waals surface area contributed by atoms with Crippen molar-refractivity contribution >= 4 is 5.65 Å². The second-order valence-electron chi connectivity index (χ2n) is 8.75. The Kier molecular flexibility index (Phi) is 4.87. The lowest BCUT2D eigenvalue weighted by Gasteiger charge is -2.28. The number of ether oxygens (including phenoxy) is 1. The van der Waals surface area contributed by atoms with Gasteiger partial charge >= 0.3 is 6.61 Å². The number of nitrogens with one attached hydrogen (secondary N) is 1. The van der Waals surface area contributed by atoms with Crippen LogP contribution in [0.1, 0.15) is 47.5 Å². The van der Waals surface area contributed by atoms with Crippen LogP contribution in [-0.4, -0.2) is 38.0 Å². The zero-order valence-corrected chi connectivity index (χ0v) is 18.0. The van der Waals surface area contributed by atoms with Gasteiger partial charge in [-0.2, -0.15) is 13.9 Å². The summed E-state index contributed by atoms with van der Waals surface area (Å²) < 4.78 is 32.5. The van der Waals surface area contributed by atoms with Crippen LogP contribution in [0.3, 0.4) is 0 Å². The van der Waals surface area contributed by atoms with Crippen LogP contribution >= 0.6 is 0 Å². The highest BCUT2D eigenvalue weighted by molar-refractivity contribution is 5.62. The van der Waals surface area contributed by atoms with Gasteiger partial charge in [-0.15, -0.1) is 0 Å². The highest BCUT2D eigenvalue weighted by Crippen LogP contribution is 2.45. The van der Waals surface area contributed by atoms with Gasteiger partial charge in [-0.3, -0.25) is 0 Å². The number of β-amino-alcohol motifs (C(OH)–C–C–N with tert-alkyl or cyclic N) is 1. The summed E-state index contributed by atoms with van der Waals surface area (Å²) in [6.45, 7) is -2.75. The highest BCUT2D eigenvalue weighted by atomic mass is 19.3. The molecule has 0 saturated heterocycles. The van der Waals surface area contributed by atoms with E-state index in [1.165, 1.54) is 6.07 Å². The predicted molar refractivity (Wildman–Crippen MR) is 119 cm³/mol. The molecular weight excluding hydrogens is 442 g/mol. The fraction of sp³-hybridized carbons (Fsp3) is 0.280. The number of hydrogen-bond donors (Lipinski definition) is 3. The number of halogens is 2. The molecule has 174 valence electrons. The van der Waals surface area contributed by atoms with Gasteiger partial charge in [-0.05, 0) is 36.6 Å².